The van der Waals surface area contributed by atoms with Gasteiger partial charge in [-0.15, -0.1) is 0 Å². The molecule has 0 bridgehead atoms. The number of hydrogen-bond acceptors (Lipinski definition) is 2. The van der Waals surface area contributed by atoms with Crippen molar-refractivity contribution < 1.29 is 4.79 Å². The summed E-state index contributed by atoms with van der Waals surface area (Å²) in [5, 5.41) is 8.66. The summed E-state index contributed by atoms with van der Waals surface area (Å²) in [5.41, 5.74) is 0.869. The first-order valence-corrected chi connectivity index (χ1v) is 7.25. The molecule has 3 heteroatoms. The van der Waals surface area contributed by atoms with E-state index in [-0.39, 0.29) is 11.9 Å². The first-order valence-electron chi connectivity index (χ1n) is 7.25. The summed E-state index contributed by atoms with van der Waals surface area (Å²) in [6.45, 7) is 3.13. The van der Waals surface area contributed by atoms with Crippen molar-refractivity contribution in [1.29, 1.82) is 0 Å². The molecule has 0 saturated carbocycles. The van der Waals surface area contributed by atoms with Crippen LogP contribution in [0.5, 0.6) is 0 Å². The minimum absolute atomic E-state index is 0.0646. The number of carbonyl (C=O) groups is 1. The Morgan fingerprint density at radius 3 is 2.80 bits per heavy atom. The minimum atomic E-state index is -0.0646. The molecule has 2 aromatic carbocycles. The van der Waals surface area contributed by atoms with Crippen LogP contribution in [-0.4, -0.2) is 18.5 Å². The lowest BCUT2D eigenvalue weighted by atomic mass is 9.94. The number of fused-ring (bicyclic) bond motifs is 1. The standard InChI is InChI=1S/C17H20N2O/c1-12-8-9-18-16(10-12)17(20)19-15-7-6-13-4-2-3-5-14(13)11-15/h2-7,11-12,16,18H,8-10H2,1H3,(H,19,20). The van der Waals surface area contributed by atoms with E-state index in [4.69, 9.17) is 0 Å². The molecule has 1 aliphatic heterocycles. The van der Waals surface area contributed by atoms with Gasteiger partial charge >= 0.3 is 0 Å². The van der Waals surface area contributed by atoms with Crippen molar-refractivity contribution in [3.05, 3.63) is 42.5 Å². The topological polar surface area (TPSA) is 41.1 Å². The highest BCUT2D eigenvalue weighted by atomic mass is 16.2. The number of piperidine rings is 1. The summed E-state index contributed by atoms with van der Waals surface area (Å²) in [7, 11) is 0. The van der Waals surface area contributed by atoms with Crippen molar-refractivity contribution in [3.8, 4) is 0 Å². The molecule has 104 valence electrons. The van der Waals surface area contributed by atoms with Crippen molar-refractivity contribution in [2.24, 2.45) is 5.92 Å². The molecule has 1 aliphatic rings. The fourth-order valence-corrected chi connectivity index (χ4v) is 2.80. The van der Waals surface area contributed by atoms with Gasteiger partial charge in [0.2, 0.25) is 5.91 Å². The highest BCUT2D eigenvalue weighted by Gasteiger charge is 2.24. The summed E-state index contributed by atoms with van der Waals surface area (Å²) in [4.78, 5) is 12.3. The van der Waals surface area contributed by atoms with Gasteiger partial charge in [-0.25, -0.2) is 0 Å². The van der Waals surface area contributed by atoms with Crippen LogP contribution in [0.2, 0.25) is 0 Å². The van der Waals surface area contributed by atoms with Crippen LogP contribution in [0.1, 0.15) is 19.8 Å². The number of rotatable bonds is 2. The molecule has 3 nitrogen and oxygen atoms in total. The molecule has 1 amide bonds. The van der Waals surface area contributed by atoms with Gasteiger partial charge in [-0.05, 0) is 48.2 Å². The van der Waals surface area contributed by atoms with E-state index in [1.807, 2.05) is 30.3 Å². The second kappa shape index (κ2) is 5.63. The first kappa shape index (κ1) is 13.1. The Bertz CT molecular complexity index is 623. The zero-order chi connectivity index (χ0) is 13.9. The van der Waals surface area contributed by atoms with E-state index in [1.165, 1.54) is 5.39 Å². The van der Waals surface area contributed by atoms with Crippen LogP contribution < -0.4 is 10.6 Å². The second-order valence-electron chi connectivity index (χ2n) is 5.69. The zero-order valence-corrected chi connectivity index (χ0v) is 11.7. The van der Waals surface area contributed by atoms with Gasteiger partial charge in [0.1, 0.15) is 0 Å². The van der Waals surface area contributed by atoms with E-state index < -0.39 is 0 Å². The predicted octanol–water partition coefficient (Wildman–Crippen LogP) is 3.17. The van der Waals surface area contributed by atoms with Crippen LogP contribution in [-0.2, 0) is 4.79 Å². The molecule has 2 aromatic rings. The van der Waals surface area contributed by atoms with Crippen molar-refractivity contribution in [1.82, 2.24) is 5.32 Å². The lowest BCUT2D eigenvalue weighted by Gasteiger charge is -2.27. The Balaban J connectivity index is 1.73. The van der Waals surface area contributed by atoms with E-state index in [0.29, 0.717) is 5.92 Å². The molecule has 20 heavy (non-hydrogen) atoms. The third-order valence-corrected chi connectivity index (χ3v) is 4.00. The van der Waals surface area contributed by atoms with Gasteiger partial charge in [0.15, 0.2) is 0 Å². The number of anilines is 1. The zero-order valence-electron chi connectivity index (χ0n) is 11.7. The molecule has 1 fully saturated rings. The summed E-state index contributed by atoms with van der Waals surface area (Å²) in [5.74, 6) is 0.690. The number of hydrogen-bond donors (Lipinski definition) is 2. The Kier molecular flexibility index (Phi) is 3.70. The average Bonchev–Trinajstić information content (AvgIpc) is 2.47. The molecule has 2 unspecified atom stereocenters. The van der Waals surface area contributed by atoms with Crippen LogP contribution in [0.15, 0.2) is 42.5 Å². The summed E-state index contributed by atoms with van der Waals surface area (Å²) in [6.07, 6.45) is 2.07. The predicted molar refractivity (Wildman–Crippen MR) is 82.8 cm³/mol. The Hall–Kier alpha value is -1.87. The van der Waals surface area contributed by atoms with Gasteiger partial charge in [0.25, 0.3) is 0 Å². The number of benzene rings is 2. The van der Waals surface area contributed by atoms with E-state index in [2.05, 4.69) is 29.7 Å². The van der Waals surface area contributed by atoms with Crippen molar-refractivity contribution in [3.63, 3.8) is 0 Å². The fourth-order valence-electron chi connectivity index (χ4n) is 2.80. The maximum absolute atomic E-state index is 12.3. The fraction of sp³-hybridized carbons (Fsp3) is 0.353. The summed E-state index contributed by atoms with van der Waals surface area (Å²) < 4.78 is 0. The van der Waals surface area contributed by atoms with E-state index in [1.54, 1.807) is 0 Å². The van der Waals surface area contributed by atoms with Gasteiger partial charge in [-0.1, -0.05) is 37.3 Å². The van der Waals surface area contributed by atoms with Crippen LogP contribution in [0.4, 0.5) is 5.69 Å². The number of amides is 1. The molecule has 0 aliphatic carbocycles. The Morgan fingerprint density at radius 1 is 1.20 bits per heavy atom. The summed E-state index contributed by atoms with van der Waals surface area (Å²) >= 11 is 0. The molecule has 2 N–H and O–H groups in total. The average molecular weight is 268 g/mol. The molecule has 0 spiro atoms. The first-order chi connectivity index (χ1) is 9.72. The Labute approximate surface area is 119 Å². The minimum Gasteiger partial charge on any atom is -0.325 e. The smallest absolute Gasteiger partial charge is 0.241 e. The van der Waals surface area contributed by atoms with Crippen LogP contribution in [0, 0.1) is 5.92 Å². The molecule has 0 radical (unpaired) electrons. The van der Waals surface area contributed by atoms with Gasteiger partial charge in [-0.2, -0.15) is 0 Å². The lowest BCUT2D eigenvalue weighted by molar-refractivity contribution is -0.119. The van der Waals surface area contributed by atoms with Crippen LogP contribution in [0.3, 0.4) is 0 Å². The van der Waals surface area contributed by atoms with Gasteiger partial charge < -0.3 is 10.6 Å². The molecule has 3 rings (SSSR count). The quantitative estimate of drug-likeness (QED) is 0.878. The molecular weight excluding hydrogens is 248 g/mol. The molecule has 1 heterocycles. The normalized spacial score (nSPS) is 22.6. The van der Waals surface area contributed by atoms with Gasteiger partial charge in [0, 0.05) is 5.69 Å². The monoisotopic (exact) mass is 268 g/mol. The van der Waals surface area contributed by atoms with Crippen molar-refractivity contribution in [2.45, 2.75) is 25.8 Å². The Morgan fingerprint density at radius 2 is 2.00 bits per heavy atom. The molecule has 2 atom stereocenters. The maximum atomic E-state index is 12.3. The third kappa shape index (κ3) is 2.83. The van der Waals surface area contributed by atoms with E-state index in [0.717, 1.165) is 30.5 Å². The van der Waals surface area contributed by atoms with E-state index in [9.17, 15) is 4.79 Å². The number of nitrogens with one attached hydrogen (secondary N) is 2. The van der Waals surface area contributed by atoms with Crippen LogP contribution in [0.25, 0.3) is 10.8 Å². The maximum Gasteiger partial charge on any atom is 0.241 e. The highest BCUT2D eigenvalue weighted by Crippen LogP contribution is 2.20. The third-order valence-electron chi connectivity index (χ3n) is 4.00. The van der Waals surface area contributed by atoms with Crippen molar-refractivity contribution in [2.75, 3.05) is 11.9 Å². The molecule has 0 aromatic heterocycles. The number of carbonyl (C=O) groups excluding carboxylic acids is 1. The largest absolute Gasteiger partial charge is 0.325 e. The van der Waals surface area contributed by atoms with Gasteiger partial charge in [0.05, 0.1) is 6.04 Å². The highest BCUT2D eigenvalue weighted by molar-refractivity contribution is 5.97. The SMILES string of the molecule is CC1CCNC(C(=O)Nc2ccc3ccccc3c2)C1. The van der Waals surface area contributed by atoms with Crippen molar-refractivity contribution >= 4 is 22.4 Å². The van der Waals surface area contributed by atoms with Crippen LogP contribution >= 0.6 is 0 Å². The van der Waals surface area contributed by atoms with Gasteiger partial charge in [-0.3, -0.25) is 4.79 Å². The molecular formula is C17H20N2O. The lowest BCUT2D eigenvalue weighted by Crippen LogP contribution is -2.45. The summed E-state index contributed by atoms with van der Waals surface area (Å²) in [6, 6.07) is 14.1. The van der Waals surface area contributed by atoms with E-state index >= 15 is 0 Å². The second-order valence-corrected chi connectivity index (χ2v) is 5.69. The molecule has 1 saturated heterocycles.